The number of carbonyl (C=O) groups excluding carboxylic acids is 1. The number of imidazole rings is 1. The van der Waals surface area contributed by atoms with Crippen molar-refractivity contribution >= 4 is 45.2 Å². The zero-order valence-electron chi connectivity index (χ0n) is 18.1. The van der Waals surface area contributed by atoms with E-state index in [1.54, 1.807) is 18.8 Å². The predicted molar refractivity (Wildman–Crippen MR) is 128 cm³/mol. The normalized spacial score (nSPS) is 18.2. The van der Waals surface area contributed by atoms with Crippen molar-refractivity contribution in [3.8, 4) is 0 Å². The van der Waals surface area contributed by atoms with E-state index in [9.17, 15) is 4.79 Å². The molecule has 5 N–H and O–H groups in total. The van der Waals surface area contributed by atoms with Gasteiger partial charge < -0.3 is 30.6 Å². The quantitative estimate of drug-likeness (QED) is 0.374. The molecule has 0 atom stereocenters. The monoisotopic (exact) mass is 464 g/mol. The molecule has 0 aliphatic carbocycles. The number of aromatic nitrogens is 3. The fraction of sp³-hybridized carbons (Fsp3) is 0.273. The number of nitrogens with zero attached hydrogens (tertiary/aromatic N) is 3. The van der Waals surface area contributed by atoms with Gasteiger partial charge >= 0.3 is 0 Å². The molecular weight excluding hydrogens is 440 g/mol. The SMILES string of the molecule is CN/C=C1/NC(=O)C(c2nc3ccc(N4CCOCC4)cc3[nH]2)=C(NCc2cscn2)C1=N. The van der Waals surface area contributed by atoms with Crippen molar-refractivity contribution < 1.29 is 9.53 Å². The van der Waals surface area contributed by atoms with Gasteiger partial charge in [0.05, 0.1) is 53.4 Å². The maximum atomic E-state index is 13.1. The Morgan fingerprint density at radius 3 is 2.94 bits per heavy atom. The largest absolute Gasteiger partial charge is 0.392 e. The van der Waals surface area contributed by atoms with Crippen LogP contribution < -0.4 is 20.9 Å². The van der Waals surface area contributed by atoms with Crippen molar-refractivity contribution in [2.24, 2.45) is 0 Å². The number of carbonyl (C=O) groups is 1. The lowest BCUT2D eigenvalue weighted by molar-refractivity contribution is -0.115. The lowest BCUT2D eigenvalue weighted by Gasteiger charge is -2.28. The molecule has 2 aliphatic heterocycles. The number of H-pyrrole nitrogens is 1. The summed E-state index contributed by atoms with van der Waals surface area (Å²) in [5.74, 6) is 0.0800. The number of morpholine rings is 1. The third kappa shape index (κ3) is 4.20. The van der Waals surface area contributed by atoms with Gasteiger partial charge in [-0.15, -0.1) is 11.3 Å². The van der Waals surface area contributed by atoms with Crippen LogP contribution in [0.25, 0.3) is 16.6 Å². The summed E-state index contributed by atoms with van der Waals surface area (Å²) >= 11 is 1.50. The van der Waals surface area contributed by atoms with E-state index >= 15 is 0 Å². The van der Waals surface area contributed by atoms with E-state index in [0.29, 0.717) is 42.6 Å². The molecule has 1 fully saturated rings. The van der Waals surface area contributed by atoms with Crippen LogP contribution in [-0.4, -0.2) is 59.9 Å². The number of thiazole rings is 1. The number of amides is 1. The molecule has 0 radical (unpaired) electrons. The molecule has 2 aromatic heterocycles. The van der Waals surface area contributed by atoms with Crippen molar-refractivity contribution in [1.29, 1.82) is 5.41 Å². The van der Waals surface area contributed by atoms with E-state index < -0.39 is 0 Å². The van der Waals surface area contributed by atoms with Gasteiger partial charge in [-0.1, -0.05) is 0 Å². The van der Waals surface area contributed by atoms with Gasteiger partial charge in [0.2, 0.25) is 0 Å². The van der Waals surface area contributed by atoms with Gasteiger partial charge in [0.25, 0.3) is 5.91 Å². The van der Waals surface area contributed by atoms with Crippen molar-refractivity contribution in [2.45, 2.75) is 6.54 Å². The standard InChI is InChI=1S/C22H24N8O2S/c1-24-10-17-19(23)20(25-9-13-11-33-12-26-13)18(22(31)29-17)21-27-15-3-2-14(8-16(15)28-21)30-4-6-32-7-5-30/h2-3,8,10-12,23-25H,4-7,9H2,1H3,(H,27,28)(H,29,31)/b17-10+,23-19?. The zero-order chi connectivity index (χ0) is 22.8. The van der Waals surface area contributed by atoms with Crippen molar-refractivity contribution in [3.05, 3.63) is 58.2 Å². The molecule has 0 spiro atoms. The van der Waals surface area contributed by atoms with Crippen LogP contribution in [0.4, 0.5) is 5.69 Å². The Kier molecular flexibility index (Phi) is 5.80. The molecular formula is C22H24N8O2S. The first-order valence-corrected chi connectivity index (χ1v) is 11.5. The van der Waals surface area contributed by atoms with E-state index in [1.807, 2.05) is 23.6 Å². The highest BCUT2D eigenvalue weighted by Crippen LogP contribution is 2.27. The summed E-state index contributed by atoms with van der Waals surface area (Å²) in [5, 5.41) is 19.5. The van der Waals surface area contributed by atoms with Gasteiger partial charge in [0.1, 0.15) is 17.1 Å². The first-order chi connectivity index (χ1) is 16.1. The number of nitrogens with one attached hydrogen (secondary N) is 5. The number of anilines is 1. The van der Waals surface area contributed by atoms with Gasteiger partial charge in [0.15, 0.2) is 0 Å². The Morgan fingerprint density at radius 2 is 2.18 bits per heavy atom. The minimum absolute atomic E-state index is 0.170. The summed E-state index contributed by atoms with van der Waals surface area (Å²) in [6.07, 6.45) is 1.59. The lowest BCUT2D eigenvalue weighted by Crippen LogP contribution is -2.40. The van der Waals surface area contributed by atoms with Gasteiger partial charge in [-0.2, -0.15) is 0 Å². The summed E-state index contributed by atoms with van der Waals surface area (Å²) < 4.78 is 5.45. The van der Waals surface area contributed by atoms with Crippen LogP contribution in [0.15, 0.2) is 46.7 Å². The van der Waals surface area contributed by atoms with E-state index in [2.05, 4.69) is 35.8 Å². The van der Waals surface area contributed by atoms with Crippen LogP contribution in [0.1, 0.15) is 11.5 Å². The van der Waals surface area contributed by atoms with Crippen molar-refractivity contribution in [1.82, 2.24) is 30.9 Å². The summed E-state index contributed by atoms with van der Waals surface area (Å²) in [6, 6.07) is 6.02. The minimum atomic E-state index is -0.333. The molecule has 10 nitrogen and oxygen atoms in total. The number of fused-ring (bicyclic) bond motifs is 1. The topological polar surface area (TPSA) is 131 Å². The Bertz CT molecular complexity index is 1250. The molecule has 5 rings (SSSR count). The maximum Gasteiger partial charge on any atom is 0.261 e. The smallest absolute Gasteiger partial charge is 0.261 e. The zero-order valence-corrected chi connectivity index (χ0v) is 18.9. The van der Waals surface area contributed by atoms with Crippen LogP contribution in [0.5, 0.6) is 0 Å². The summed E-state index contributed by atoms with van der Waals surface area (Å²) in [4.78, 5) is 27.6. The Balaban J connectivity index is 1.54. The maximum absolute atomic E-state index is 13.1. The highest BCUT2D eigenvalue weighted by Gasteiger charge is 2.31. The first-order valence-electron chi connectivity index (χ1n) is 10.6. The number of hydrogen-bond donors (Lipinski definition) is 5. The van der Waals surface area contributed by atoms with E-state index in [1.165, 1.54) is 11.3 Å². The molecule has 4 heterocycles. The third-order valence-electron chi connectivity index (χ3n) is 5.54. The van der Waals surface area contributed by atoms with Gasteiger partial charge in [-0.25, -0.2) is 9.97 Å². The molecule has 33 heavy (non-hydrogen) atoms. The molecule has 2 aliphatic rings. The first kappa shape index (κ1) is 21.2. The highest BCUT2D eigenvalue weighted by atomic mass is 32.1. The average Bonchev–Trinajstić information content (AvgIpc) is 3.50. The fourth-order valence-corrected chi connectivity index (χ4v) is 4.47. The average molecular weight is 465 g/mol. The molecule has 1 saturated heterocycles. The van der Waals surface area contributed by atoms with Crippen LogP contribution in [0.3, 0.4) is 0 Å². The second-order valence-electron chi connectivity index (χ2n) is 7.65. The van der Waals surface area contributed by atoms with Gasteiger partial charge in [-0.05, 0) is 18.2 Å². The molecule has 11 heteroatoms. The predicted octanol–water partition coefficient (Wildman–Crippen LogP) is 1.57. The van der Waals surface area contributed by atoms with Crippen LogP contribution >= 0.6 is 11.3 Å². The van der Waals surface area contributed by atoms with Gasteiger partial charge in [-0.3, -0.25) is 10.2 Å². The summed E-state index contributed by atoms with van der Waals surface area (Å²) in [5.41, 5.74) is 6.51. The Labute approximate surface area is 194 Å². The van der Waals surface area contributed by atoms with Crippen LogP contribution in [0.2, 0.25) is 0 Å². The third-order valence-corrected chi connectivity index (χ3v) is 6.18. The van der Waals surface area contributed by atoms with E-state index in [0.717, 1.165) is 35.5 Å². The molecule has 1 aromatic carbocycles. The summed E-state index contributed by atoms with van der Waals surface area (Å²) in [6.45, 7) is 3.48. The number of aromatic amines is 1. The van der Waals surface area contributed by atoms with Gasteiger partial charge in [0, 0.05) is 37.4 Å². The van der Waals surface area contributed by atoms with E-state index in [-0.39, 0.29) is 11.6 Å². The summed E-state index contributed by atoms with van der Waals surface area (Å²) in [7, 11) is 1.72. The lowest BCUT2D eigenvalue weighted by atomic mass is 10.0. The van der Waals surface area contributed by atoms with Crippen LogP contribution in [-0.2, 0) is 16.1 Å². The second kappa shape index (κ2) is 9.04. The Morgan fingerprint density at radius 1 is 1.33 bits per heavy atom. The molecule has 0 unspecified atom stereocenters. The number of benzene rings is 1. The Hall–Kier alpha value is -3.70. The van der Waals surface area contributed by atoms with Crippen molar-refractivity contribution in [2.75, 3.05) is 38.3 Å². The second-order valence-corrected chi connectivity index (χ2v) is 8.36. The fourth-order valence-electron chi connectivity index (χ4n) is 3.91. The molecule has 0 bridgehead atoms. The molecule has 0 saturated carbocycles. The number of rotatable bonds is 6. The number of ether oxygens (including phenoxy) is 1. The number of hydrogen-bond acceptors (Lipinski definition) is 9. The van der Waals surface area contributed by atoms with Crippen LogP contribution in [0, 0.1) is 5.41 Å². The molecule has 170 valence electrons. The molecule has 3 aromatic rings. The van der Waals surface area contributed by atoms with E-state index in [4.69, 9.17) is 10.1 Å². The highest BCUT2D eigenvalue weighted by molar-refractivity contribution is 7.07. The minimum Gasteiger partial charge on any atom is -0.392 e. The molecule has 1 amide bonds. The van der Waals surface area contributed by atoms with Crippen molar-refractivity contribution in [3.63, 3.8) is 0 Å².